The van der Waals surface area contributed by atoms with E-state index in [1.54, 1.807) is 93.8 Å². The van der Waals surface area contributed by atoms with Crippen LogP contribution in [0.25, 0.3) is 0 Å². The molecule has 310 valence electrons. The summed E-state index contributed by atoms with van der Waals surface area (Å²) in [7, 11) is -3.82. The van der Waals surface area contributed by atoms with E-state index in [1.165, 1.54) is 35.5 Å². The van der Waals surface area contributed by atoms with E-state index in [2.05, 4.69) is 68.6 Å². The molecule has 2 N–H and O–H groups in total. The molecule has 0 bridgehead atoms. The maximum Gasteiger partial charge on any atom is 0.206 e. The van der Waals surface area contributed by atoms with Crippen LogP contribution in [0.1, 0.15) is 65.7 Å². The van der Waals surface area contributed by atoms with Gasteiger partial charge >= 0.3 is 0 Å². The third-order valence-corrected chi connectivity index (χ3v) is 16.0. The highest BCUT2D eigenvalue weighted by molar-refractivity contribution is 8.00. The number of thioether (sulfide) groups is 2. The highest BCUT2D eigenvalue weighted by Crippen LogP contribution is 2.34. The van der Waals surface area contributed by atoms with Gasteiger partial charge in [-0.2, -0.15) is 10.2 Å². The fourth-order valence-corrected chi connectivity index (χ4v) is 10.8. The highest BCUT2D eigenvalue weighted by atomic mass is 32.2. The van der Waals surface area contributed by atoms with E-state index >= 15 is 0 Å². The van der Waals surface area contributed by atoms with Crippen LogP contribution in [0.4, 0.5) is 11.4 Å². The van der Waals surface area contributed by atoms with Crippen LogP contribution in [-0.4, -0.2) is 68.4 Å². The molecule has 0 aliphatic heterocycles. The summed E-state index contributed by atoms with van der Waals surface area (Å²) in [6.07, 6.45) is 12.4. The second kappa shape index (κ2) is 21.3. The number of aliphatic hydroxyl groups excluding tert-OH is 2. The first-order chi connectivity index (χ1) is 28.0. The van der Waals surface area contributed by atoms with Crippen molar-refractivity contribution < 1.29 is 18.6 Å². The number of nitrogens with zero attached hydrogens (tertiary/aromatic N) is 4. The number of hydrogen-bond acceptors (Lipinski definition) is 11. The average molecular weight is 859 g/mol. The number of hydrogen-bond donors (Lipinski definition) is 2. The van der Waals surface area contributed by atoms with Gasteiger partial charge in [0.15, 0.2) is 0 Å². The summed E-state index contributed by atoms with van der Waals surface area (Å²) < 4.78 is 27.7. The molecule has 6 atom stereocenters. The zero-order valence-electron chi connectivity index (χ0n) is 34.1. The molecule has 2 saturated carbocycles. The normalized spacial score (nSPS) is 20.9. The van der Waals surface area contributed by atoms with Gasteiger partial charge in [-0.05, 0) is 146 Å². The van der Waals surface area contributed by atoms with Crippen LogP contribution in [0.15, 0.2) is 137 Å². The van der Waals surface area contributed by atoms with Crippen LogP contribution in [-0.2, 0) is 9.84 Å². The summed E-state index contributed by atoms with van der Waals surface area (Å²) in [5.74, 6) is 2.38. The largest absolute Gasteiger partial charge is 0.391 e. The van der Waals surface area contributed by atoms with Gasteiger partial charge < -0.3 is 10.2 Å². The lowest BCUT2D eigenvalue weighted by Gasteiger charge is -2.24. The number of sulfone groups is 1. The molecule has 0 aromatic heterocycles. The van der Waals surface area contributed by atoms with Crippen LogP contribution in [0.3, 0.4) is 0 Å². The van der Waals surface area contributed by atoms with Crippen LogP contribution >= 0.6 is 35.3 Å². The van der Waals surface area contributed by atoms with Gasteiger partial charge in [-0.3, -0.25) is 10.0 Å². The monoisotopic (exact) mass is 858 g/mol. The van der Waals surface area contributed by atoms with Crippen LogP contribution in [0.2, 0.25) is 0 Å². The van der Waals surface area contributed by atoms with Crippen molar-refractivity contribution in [3.8, 4) is 0 Å². The number of aliphatic hydroxyl groups is 2. The highest BCUT2D eigenvalue weighted by Gasteiger charge is 2.25. The Morgan fingerprint density at radius 2 is 1.09 bits per heavy atom. The van der Waals surface area contributed by atoms with Crippen molar-refractivity contribution in [2.24, 2.45) is 33.9 Å². The van der Waals surface area contributed by atoms with E-state index in [1.807, 2.05) is 19.4 Å². The summed E-state index contributed by atoms with van der Waals surface area (Å²) in [5, 5.41) is 35.0. The molecule has 2 aliphatic carbocycles. The van der Waals surface area contributed by atoms with Gasteiger partial charge in [0, 0.05) is 37.8 Å². The second-order valence-corrected chi connectivity index (χ2v) is 20.7. The van der Waals surface area contributed by atoms with Crippen molar-refractivity contribution in [3.05, 3.63) is 97.1 Å². The number of rotatable bonds is 19. The van der Waals surface area contributed by atoms with Gasteiger partial charge in [0.1, 0.15) is 0 Å². The first-order valence-electron chi connectivity index (χ1n) is 20.5. The molecule has 0 spiro atoms. The van der Waals surface area contributed by atoms with Gasteiger partial charge in [0.05, 0.1) is 46.5 Å². The molecule has 0 heterocycles. The van der Waals surface area contributed by atoms with E-state index in [0.717, 1.165) is 28.3 Å². The molecule has 2 aliphatic rings. The average Bonchev–Trinajstić information content (AvgIpc) is 3.86. The van der Waals surface area contributed by atoms with Crippen LogP contribution in [0.5, 0.6) is 0 Å². The van der Waals surface area contributed by atoms with Gasteiger partial charge in [-0.25, -0.2) is 8.42 Å². The zero-order valence-corrected chi connectivity index (χ0v) is 37.3. The van der Waals surface area contributed by atoms with Crippen LogP contribution < -0.4 is 10.0 Å². The molecule has 4 aromatic carbocycles. The lowest BCUT2D eigenvalue weighted by Crippen LogP contribution is -2.30. The predicted octanol–water partition coefficient (Wildman–Crippen LogP) is 10.8. The predicted molar refractivity (Wildman–Crippen MR) is 245 cm³/mol. The van der Waals surface area contributed by atoms with Gasteiger partial charge in [0.25, 0.3) is 0 Å². The van der Waals surface area contributed by atoms with Crippen LogP contribution in [0, 0.1) is 23.7 Å². The van der Waals surface area contributed by atoms with Gasteiger partial charge in [-0.1, -0.05) is 58.2 Å². The summed E-state index contributed by atoms with van der Waals surface area (Å²) in [6, 6.07) is 30.5. The number of anilines is 2. The first-order valence-corrected chi connectivity index (χ1v) is 25.0. The molecular formula is C46H58N4O4S4. The Morgan fingerprint density at radius 3 is 1.50 bits per heavy atom. The maximum atomic E-state index is 13.9. The van der Waals surface area contributed by atoms with E-state index in [-0.39, 0.29) is 16.3 Å². The minimum atomic E-state index is -3.82. The number of benzene rings is 4. The minimum Gasteiger partial charge on any atom is -0.391 e. The third-order valence-electron chi connectivity index (χ3n) is 11.3. The Morgan fingerprint density at radius 1 is 0.655 bits per heavy atom. The van der Waals surface area contributed by atoms with E-state index in [4.69, 9.17) is 10.2 Å². The molecule has 12 heteroatoms. The molecule has 6 rings (SSSR count). The standard InChI is InChI=1S/C46H58N4O4S4/c1-5-39(51)30-49(47-28-35-10-6-8-33(35)2)37-12-24-45(25-13-37)58(53,54)46-26-14-38(15-27-46)50(48-29-36-11-7-9-34(36)3)31-40(52)32-56-42-18-22-44(23-19-42)57-43-20-16-41(55-4)17-21-43/h12-29,33-36,39-40,51-52H,5-11,30-32H2,1-4H3/b47-28+,48-29+. The molecule has 0 radical (unpaired) electrons. The second-order valence-electron chi connectivity index (χ2n) is 15.6. The molecule has 4 aromatic rings. The Labute approximate surface area is 358 Å². The molecule has 0 saturated heterocycles. The third kappa shape index (κ3) is 12.2. The maximum absolute atomic E-state index is 13.9. The Bertz CT molecular complexity index is 2050. The van der Waals surface area contributed by atoms with Crippen molar-refractivity contribution in [1.29, 1.82) is 0 Å². The summed E-state index contributed by atoms with van der Waals surface area (Å²) in [6.45, 7) is 7.04. The minimum absolute atomic E-state index is 0.179. The number of hydrazone groups is 2. The molecule has 58 heavy (non-hydrogen) atoms. The van der Waals surface area contributed by atoms with Crippen molar-refractivity contribution in [2.75, 3.05) is 35.1 Å². The van der Waals surface area contributed by atoms with Crippen molar-refractivity contribution >= 4 is 68.9 Å². The molecular weight excluding hydrogens is 801 g/mol. The molecule has 2 fully saturated rings. The SMILES string of the molecule is CCC(O)CN(/N=C/C1CCCC1C)c1ccc(S(=O)(=O)c2ccc(N(CC(O)CSc3ccc(Sc4ccc(SC)cc4)cc3)/N=C/C3CCCC3C)cc2)cc1. The van der Waals surface area contributed by atoms with E-state index in [9.17, 15) is 18.6 Å². The van der Waals surface area contributed by atoms with Crippen molar-refractivity contribution in [3.63, 3.8) is 0 Å². The topological polar surface area (TPSA) is 106 Å². The lowest BCUT2D eigenvalue weighted by molar-refractivity contribution is 0.176. The fraction of sp³-hybridized carbons (Fsp3) is 0.435. The zero-order chi connectivity index (χ0) is 41.1. The Kier molecular flexibility index (Phi) is 16.3. The molecule has 0 amide bonds. The summed E-state index contributed by atoms with van der Waals surface area (Å²) >= 11 is 5.07. The van der Waals surface area contributed by atoms with Gasteiger partial charge in [-0.15, -0.1) is 23.5 Å². The van der Waals surface area contributed by atoms with Crippen molar-refractivity contribution in [1.82, 2.24) is 0 Å². The lowest BCUT2D eigenvalue weighted by atomic mass is 10.00. The Balaban J connectivity index is 1.11. The molecule has 8 nitrogen and oxygen atoms in total. The van der Waals surface area contributed by atoms with Crippen molar-refractivity contribution in [2.45, 2.75) is 107 Å². The van der Waals surface area contributed by atoms with E-state index < -0.39 is 22.0 Å². The smallest absolute Gasteiger partial charge is 0.206 e. The van der Waals surface area contributed by atoms with E-state index in [0.29, 0.717) is 48.1 Å². The van der Waals surface area contributed by atoms with Gasteiger partial charge in [0.2, 0.25) is 9.84 Å². The fourth-order valence-electron chi connectivity index (χ4n) is 7.45. The quantitative estimate of drug-likeness (QED) is 0.0542. The summed E-state index contributed by atoms with van der Waals surface area (Å²) in [4.78, 5) is 5.05. The Hall–Kier alpha value is -3.26. The first kappa shape index (κ1) is 44.3. The molecule has 6 unspecified atom stereocenters. The summed E-state index contributed by atoms with van der Waals surface area (Å²) in [5.41, 5.74) is 1.45.